The van der Waals surface area contributed by atoms with Crippen LogP contribution in [0.3, 0.4) is 0 Å². The van der Waals surface area contributed by atoms with Crippen molar-refractivity contribution in [2.45, 2.75) is 11.3 Å². The van der Waals surface area contributed by atoms with Gasteiger partial charge >= 0.3 is 0 Å². The molecule has 0 radical (unpaired) electrons. The molecule has 0 atom stereocenters. The van der Waals surface area contributed by atoms with Crippen molar-refractivity contribution in [1.29, 1.82) is 0 Å². The third-order valence-corrected chi connectivity index (χ3v) is 3.63. The monoisotopic (exact) mass is 266 g/mol. The molecule has 1 aliphatic rings. The summed E-state index contributed by atoms with van der Waals surface area (Å²) in [6.07, 6.45) is 0.221. The predicted molar refractivity (Wildman–Crippen MR) is 69.3 cm³/mol. The lowest BCUT2D eigenvalue weighted by Gasteiger charge is -2.28. The number of carbonyl (C=O) groups is 2. The van der Waals surface area contributed by atoms with Gasteiger partial charge in [0.25, 0.3) is 0 Å². The van der Waals surface area contributed by atoms with Crippen LogP contribution in [-0.2, 0) is 14.4 Å². The summed E-state index contributed by atoms with van der Waals surface area (Å²) in [4.78, 5) is 30.5. The van der Waals surface area contributed by atoms with Crippen molar-refractivity contribution in [2.75, 3.05) is 24.3 Å². The summed E-state index contributed by atoms with van der Waals surface area (Å²) in [6.45, 7) is 0.367. The summed E-state index contributed by atoms with van der Waals surface area (Å²) in [5.41, 5.74) is 3.12. The number of nitrogens with one attached hydrogen (secondary N) is 1. The zero-order chi connectivity index (χ0) is 13.0. The molecular formula is C12H14N2O3S. The van der Waals surface area contributed by atoms with Crippen LogP contribution >= 0.6 is 11.8 Å². The van der Waals surface area contributed by atoms with Crippen LogP contribution in [0.1, 0.15) is 6.42 Å². The van der Waals surface area contributed by atoms with Gasteiger partial charge in [-0.3, -0.25) is 14.4 Å². The van der Waals surface area contributed by atoms with Gasteiger partial charge in [-0.15, -0.1) is 11.8 Å². The number of amides is 2. The van der Waals surface area contributed by atoms with Gasteiger partial charge in [-0.2, -0.15) is 0 Å². The molecule has 0 unspecified atom stereocenters. The zero-order valence-electron chi connectivity index (χ0n) is 10.0. The van der Waals surface area contributed by atoms with Gasteiger partial charge in [0.1, 0.15) is 0 Å². The number of benzene rings is 1. The SMILES string of the molecule is CONC(=O)CCN1C(=O)CSc2ccccc21. The second-order valence-corrected chi connectivity index (χ2v) is 4.80. The Kier molecular flexibility index (Phi) is 4.22. The van der Waals surface area contributed by atoms with E-state index < -0.39 is 0 Å². The Morgan fingerprint density at radius 1 is 1.50 bits per heavy atom. The highest BCUT2D eigenvalue weighted by Gasteiger charge is 2.24. The summed E-state index contributed by atoms with van der Waals surface area (Å²) in [6, 6.07) is 7.71. The lowest BCUT2D eigenvalue weighted by Crippen LogP contribution is -2.38. The van der Waals surface area contributed by atoms with E-state index in [1.165, 1.54) is 18.9 Å². The van der Waals surface area contributed by atoms with Crippen molar-refractivity contribution in [3.05, 3.63) is 24.3 Å². The number of carbonyl (C=O) groups excluding carboxylic acids is 2. The van der Waals surface area contributed by atoms with Gasteiger partial charge < -0.3 is 4.90 Å². The van der Waals surface area contributed by atoms with E-state index in [0.29, 0.717) is 12.3 Å². The molecule has 6 heteroatoms. The van der Waals surface area contributed by atoms with Crippen LogP contribution in [0.15, 0.2) is 29.2 Å². The number of para-hydroxylation sites is 1. The standard InChI is InChI=1S/C12H14N2O3S/c1-17-13-11(15)6-7-14-9-4-2-3-5-10(9)18-8-12(14)16/h2-5H,6-8H2,1H3,(H,13,15). The summed E-state index contributed by atoms with van der Waals surface area (Å²) < 4.78 is 0. The lowest BCUT2D eigenvalue weighted by atomic mass is 10.2. The minimum Gasteiger partial charge on any atom is -0.310 e. The fourth-order valence-corrected chi connectivity index (χ4v) is 2.71. The second-order valence-electron chi connectivity index (χ2n) is 3.78. The first kappa shape index (κ1) is 12.9. The van der Waals surface area contributed by atoms with Crippen molar-refractivity contribution in [3.8, 4) is 0 Å². The predicted octanol–water partition coefficient (Wildman–Crippen LogP) is 1.19. The molecule has 96 valence electrons. The molecule has 5 nitrogen and oxygen atoms in total. The molecule has 1 aromatic rings. The molecule has 0 aromatic heterocycles. The molecule has 2 amide bonds. The van der Waals surface area contributed by atoms with Crippen LogP contribution < -0.4 is 10.4 Å². The summed E-state index contributed by atoms with van der Waals surface area (Å²) in [5, 5.41) is 0. The Morgan fingerprint density at radius 2 is 2.28 bits per heavy atom. The van der Waals surface area contributed by atoms with Crippen LogP contribution in [-0.4, -0.2) is 31.2 Å². The molecule has 0 bridgehead atoms. The van der Waals surface area contributed by atoms with Crippen molar-refractivity contribution < 1.29 is 14.4 Å². The number of hydrogen-bond donors (Lipinski definition) is 1. The molecule has 0 fully saturated rings. The minimum absolute atomic E-state index is 0.0314. The highest BCUT2D eigenvalue weighted by Crippen LogP contribution is 2.34. The van der Waals surface area contributed by atoms with Crippen LogP contribution in [0.25, 0.3) is 0 Å². The average Bonchev–Trinajstić information content (AvgIpc) is 2.38. The molecule has 18 heavy (non-hydrogen) atoms. The van der Waals surface area contributed by atoms with E-state index in [4.69, 9.17) is 0 Å². The van der Waals surface area contributed by atoms with Crippen LogP contribution in [0.5, 0.6) is 0 Å². The molecule has 0 saturated heterocycles. The number of rotatable bonds is 4. The van der Waals surface area contributed by atoms with E-state index in [1.54, 1.807) is 4.90 Å². The maximum atomic E-state index is 11.9. The third kappa shape index (κ3) is 2.83. The molecule has 0 saturated carbocycles. The van der Waals surface area contributed by atoms with Gasteiger partial charge in [0.15, 0.2) is 0 Å². The highest BCUT2D eigenvalue weighted by molar-refractivity contribution is 8.00. The molecular weight excluding hydrogens is 252 g/mol. The van der Waals surface area contributed by atoms with Crippen molar-refractivity contribution in [3.63, 3.8) is 0 Å². The van der Waals surface area contributed by atoms with Crippen molar-refractivity contribution in [2.24, 2.45) is 0 Å². The fourth-order valence-electron chi connectivity index (χ4n) is 1.78. The highest BCUT2D eigenvalue weighted by atomic mass is 32.2. The average molecular weight is 266 g/mol. The number of fused-ring (bicyclic) bond motifs is 1. The Bertz CT molecular complexity index is 464. The summed E-state index contributed by atoms with van der Waals surface area (Å²) >= 11 is 1.53. The van der Waals surface area contributed by atoms with Gasteiger partial charge in [0.05, 0.1) is 18.6 Å². The normalized spacial score (nSPS) is 14.3. The fraction of sp³-hybridized carbons (Fsp3) is 0.333. The number of anilines is 1. The topological polar surface area (TPSA) is 58.6 Å². The van der Waals surface area contributed by atoms with E-state index in [0.717, 1.165) is 10.6 Å². The van der Waals surface area contributed by atoms with Gasteiger partial charge in [0.2, 0.25) is 11.8 Å². The van der Waals surface area contributed by atoms with E-state index in [1.807, 2.05) is 24.3 Å². The van der Waals surface area contributed by atoms with Gasteiger partial charge in [-0.05, 0) is 12.1 Å². The largest absolute Gasteiger partial charge is 0.310 e. The lowest BCUT2D eigenvalue weighted by molar-refractivity contribution is -0.131. The first-order valence-corrected chi connectivity index (χ1v) is 6.55. The van der Waals surface area contributed by atoms with Crippen molar-refractivity contribution in [1.82, 2.24) is 5.48 Å². The van der Waals surface area contributed by atoms with Gasteiger partial charge in [-0.25, -0.2) is 5.48 Å². The van der Waals surface area contributed by atoms with Crippen LogP contribution in [0.4, 0.5) is 5.69 Å². The summed E-state index contributed by atoms with van der Waals surface area (Å²) in [5.74, 6) is 0.216. The number of nitrogens with zero attached hydrogens (tertiary/aromatic N) is 1. The third-order valence-electron chi connectivity index (χ3n) is 2.59. The molecule has 2 rings (SSSR count). The first-order valence-electron chi connectivity index (χ1n) is 5.56. The van der Waals surface area contributed by atoms with E-state index in [9.17, 15) is 9.59 Å². The Labute approximate surface area is 109 Å². The molecule has 0 aliphatic carbocycles. The zero-order valence-corrected chi connectivity index (χ0v) is 10.8. The molecule has 1 aliphatic heterocycles. The van der Waals surface area contributed by atoms with Gasteiger partial charge in [0, 0.05) is 17.9 Å². The maximum Gasteiger partial charge on any atom is 0.245 e. The van der Waals surface area contributed by atoms with E-state index in [2.05, 4.69) is 10.3 Å². The Hall–Kier alpha value is -1.53. The quantitative estimate of drug-likeness (QED) is 0.832. The Morgan fingerprint density at radius 3 is 3.06 bits per heavy atom. The number of hydroxylamine groups is 1. The van der Waals surface area contributed by atoms with Gasteiger partial charge in [-0.1, -0.05) is 12.1 Å². The number of hydrogen-bond acceptors (Lipinski definition) is 4. The molecule has 0 spiro atoms. The van der Waals surface area contributed by atoms with E-state index >= 15 is 0 Å². The number of thioether (sulfide) groups is 1. The summed E-state index contributed by atoms with van der Waals surface area (Å²) in [7, 11) is 1.38. The first-order chi connectivity index (χ1) is 8.72. The molecule has 1 N–H and O–H groups in total. The maximum absolute atomic E-state index is 11.9. The van der Waals surface area contributed by atoms with E-state index in [-0.39, 0.29) is 18.2 Å². The van der Waals surface area contributed by atoms with Crippen LogP contribution in [0, 0.1) is 0 Å². The smallest absolute Gasteiger partial charge is 0.245 e. The van der Waals surface area contributed by atoms with Crippen LogP contribution in [0.2, 0.25) is 0 Å². The Balaban J connectivity index is 2.07. The molecule has 1 aromatic carbocycles. The minimum atomic E-state index is -0.235. The second kappa shape index (κ2) is 5.88. The van der Waals surface area contributed by atoms with Crippen molar-refractivity contribution >= 4 is 29.3 Å². The molecule has 1 heterocycles.